The third-order valence-electron chi connectivity index (χ3n) is 5.04. The molecule has 1 heterocycles. The van der Waals surface area contributed by atoms with Crippen LogP contribution in [-0.4, -0.2) is 68.4 Å². The summed E-state index contributed by atoms with van der Waals surface area (Å²) in [6.07, 6.45) is 0.494. The lowest BCUT2D eigenvalue weighted by molar-refractivity contribution is 0.0628. The number of Topliss-reactive ketones (excluding diaryl/α,β-unsaturated/α-hetero) is 1. The Kier molecular flexibility index (Phi) is 6.66. The van der Waals surface area contributed by atoms with Crippen molar-refractivity contribution >= 4 is 11.7 Å². The van der Waals surface area contributed by atoms with E-state index >= 15 is 0 Å². The van der Waals surface area contributed by atoms with Gasteiger partial charge in [-0.05, 0) is 18.2 Å². The van der Waals surface area contributed by atoms with Crippen LogP contribution in [0.5, 0.6) is 11.5 Å². The van der Waals surface area contributed by atoms with Crippen molar-refractivity contribution in [2.75, 3.05) is 46.9 Å². The van der Waals surface area contributed by atoms with Gasteiger partial charge in [-0.1, -0.05) is 30.3 Å². The fourth-order valence-electron chi connectivity index (χ4n) is 3.35. The molecule has 0 spiro atoms. The zero-order valence-corrected chi connectivity index (χ0v) is 16.4. The molecule has 1 saturated heterocycles. The number of methoxy groups -OCH3 is 2. The van der Waals surface area contributed by atoms with Crippen LogP contribution in [-0.2, 0) is 0 Å². The molecule has 1 fully saturated rings. The van der Waals surface area contributed by atoms with E-state index in [0.29, 0.717) is 43.1 Å². The van der Waals surface area contributed by atoms with Crippen LogP contribution in [0.3, 0.4) is 0 Å². The Labute approximate surface area is 165 Å². The number of carbonyl (C=O) groups is 2. The van der Waals surface area contributed by atoms with Crippen molar-refractivity contribution in [3.05, 3.63) is 59.7 Å². The summed E-state index contributed by atoms with van der Waals surface area (Å²) in [6.45, 7) is 3.54. The van der Waals surface area contributed by atoms with E-state index in [1.165, 1.54) is 0 Å². The Morgan fingerprint density at radius 2 is 1.54 bits per heavy atom. The molecule has 0 atom stereocenters. The van der Waals surface area contributed by atoms with E-state index in [1.54, 1.807) is 32.4 Å². The first-order valence-electron chi connectivity index (χ1n) is 9.44. The van der Waals surface area contributed by atoms with Crippen molar-refractivity contribution in [2.24, 2.45) is 0 Å². The van der Waals surface area contributed by atoms with Gasteiger partial charge in [-0.15, -0.1) is 0 Å². The normalized spacial score (nSPS) is 14.6. The van der Waals surface area contributed by atoms with Crippen LogP contribution < -0.4 is 9.47 Å². The average Bonchev–Trinajstić information content (AvgIpc) is 2.77. The van der Waals surface area contributed by atoms with Gasteiger partial charge in [0.05, 0.1) is 14.2 Å². The van der Waals surface area contributed by atoms with Crippen LogP contribution in [0.25, 0.3) is 0 Å². The summed E-state index contributed by atoms with van der Waals surface area (Å²) in [4.78, 5) is 29.1. The van der Waals surface area contributed by atoms with Crippen molar-refractivity contribution in [1.29, 1.82) is 0 Å². The van der Waals surface area contributed by atoms with E-state index in [9.17, 15) is 9.59 Å². The van der Waals surface area contributed by atoms with Crippen LogP contribution >= 0.6 is 0 Å². The van der Waals surface area contributed by atoms with E-state index in [1.807, 2.05) is 35.2 Å². The SMILES string of the molecule is COc1ccc(C(=O)N2CCN(CCC(=O)c3ccccc3)CC2)cc1OC. The molecular weight excluding hydrogens is 356 g/mol. The Morgan fingerprint density at radius 1 is 0.857 bits per heavy atom. The van der Waals surface area contributed by atoms with Crippen molar-refractivity contribution < 1.29 is 19.1 Å². The van der Waals surface area contributed by atoms with E-state index in [-0.39, 0.29) is 11.7 Å². The maximum absolute atomic E-state index is 12.8. The predicted molar refractivity (Wildman–Crippen MR) is 107 cm³/mol. The summed E-state index contributed by atoms with van der Waals surface area (Å²) < 4.78 is 10.5. The van der Waals surface area contributed by atoms with Gasteiger partial charge in [0.25, 0.3) is 5.91 Å². The second kappa shape index (κ2) is 9.37. The summed E-state index contributed by atoms with van der Waals surface area (Å²) in [5.41, 5.74) is 1.34. The molecule has 0 radical (unpaired) electrons. The number of ketones is 1. The maximum Gasteiger partial charge on any atom is 0.254 e. The number of piperazine rings is 1. The third kappa shape index (κ3) is 4.70. The van der Waals surface area contributed by atoms with Gasteiger partial charge in [0.2, 0.25) is 0 Å². The number of rotatable bonds is 7. The number of hydrogen-bond donors (Lipinski definition) is 0. The van der Waals surface area contributed by atoms with Gasteiger partial charge in [0, 0.05) is 50.3 Å². The molecule has 2 aromatic carbocycles. The molecule has 6 nitrogen and oxygen atoms in total. The molecule has 0 unspecified atom stereocenters. The topological polar surface area (TPSA) is 59.1 Å². The summed E-state index contributed by atoms with van der Waals surface area (Å²) in [5.74, 6) is 1.30. The standard InChI is InChI=1S/C22H26N2O4/c1-27-20-9-8-18(16-21(20)28-2)22(26)24-14-12-23(13-15-24)11-10-19(25)17-6-4-3-5-7-17/h3-9,16H,10-15H2,1-2H3. The van der Waals surface area contributed by atoms with Crippen LogP contribution in [0.4, 0.5) is 0 Å². The Bertz CT molecular complexity index is 815. The zero-order chi connectivity index (χ0) is 19.9. The highest BCUT2D eigenvalue weighted by Gasteiger charge is 2.23. The van der Waals surface area contributed by atoms with Gasteiger partial charge >= 0.3 is 0 Å². The van der Waals surface area contributed by atoms with Crippen LogP contribution in [0.15, 0.2) is 48.5 Å². The minimum atomic E-state index is -0.0130. The molecule has 0 aliphatic carbocycles. The fraction of sp³-hybridized carbons (Fsp3) is 0.364. The van der Waals surface area contributed by atoms with Gasteiger partial charge in [0.1, 0.15) is 0 Å². The first kappa shape index (κ1) is 19.9. The number of hydrogen-bond acceptors (Lipinski definition) is 5. The largest absolute Gasteiger partial charge is 0.493 e. The molecule has 0 bridgehead atoms. The monoisotopic (exact) mass is 382 g/mol. The molecule has 3 rings (SSSR count). The van der Waals surface area contributed by atoms with E-state index in [4.69, 9.17) is 9.47 Å². The summed E-state index contributed by atoms with van der Waals surface area (Å²) in [6, 6.07) is 14.6. The lowest BCUT2D eigenvalue weighted by Gasteiger charge is -2.34. The minimum absolute atomic E-state index is 0.0130. The molecule has 1 aliphatic heterocycles. The first-order chi connectivity index (χ1) is 13.6. The van der Waals surface area contributed by atoms with Gasteiger partial charge in [-0.2, -0.15) is 0 Å². The molecule has 0 N–H and O–H groups in total. The second-order valence-electron chi connectivity index (χ2n) is 6.74. The van der Waals surface area contributed by atoms with Gasteiger partial charge in [-0.3, -0.25) is 14.5 Å². The molecule has 2 aromatic rings. The Balaban J connectivity index is 1.51. The molecule has 6 heteroatoms. The molecule has 148 valence electrons. The number of benzene rings is 2. The predicted octanol–water partition coefficient (Wildman–Crippen LogP) is 2.73. The summed E-state index contributed by atoms with van der Waals surface area (Å²) >= 11 is 0. The van der Waals surface area contributed by atoms with Gasteiger partial charge in [0.15, 0.2) is 17.3 Å². The van der Waals surface area contributed by atoms with Gasteiger partial charge in [-0.25, -0.2) is 0 Å². The number of nitrogens with zero attached hydrogens (tertiary/aromatic N) is 2. The highest BCUT2D eigenvalue weighted by Crippen LogP contribution is 2.28. The molecular formula is C22H26N2O4. The van der Waals surface area contributed by atoms with Crippen LogP contribution in [0, 0.1) is 0 Å². The Morgan fingerprint density at radius 3 is 2.18 bits per heavy atom. The number of ether oxygens (including phenoxy) is 2. The maximum atomic E-state index is 12.8. The third-order valence-corrected chi connectivity index (χ3v) is 5.04. The second-order valence-corrected chi connectivity index (χ2v) is 6.74. The minimum Gasteiger partial charge on any atom is -0.493 e. The molecule has 0 aromatic heterocycles. The van der Waals surface area contributed by atoms with E-state index in [2.05, 4.69) is 4.90 Å². The quantitative estimate of drug-likeness (QED) is 0.689. The average molecular weight is 382 g/mol. The highest BCUT2D eigenvalue weighted by atomic mass is 16.5. The van der Waals surface area contributed by atoms with Crippen LogP contribution in [0.2, 0.25) is 0 Å². The lowest BCUT2D eigenvalue weighted by Crippen LogP contribution is -2.49. The zero-order valence-electron chi connectivity index (χ0n) is 16.4. The van der Waals surface area contributed by atoms with Crippen LogP contribution in [0.1, 0.15) is 27.1 Å². The first-order valence-corrected chi connectivity index (χ1v) is 9.44. The highest BCUT2D eigenvalue weighted by molar-refractivity contribution is 5.96. The Hall–Kier alpha value is -2.86. The lowest BCUT2D eigenvalue weighted by atomic mass is 10.1. The summed E-state index contributed by atoms with van der Waals surface area (Å²) in [7, 11) is 3.13. The number of amides is 1. The van der Waals surface area contributed by atoms with Crippen molar-refractivity contribution in [2.45, 2.75) is 6.42 Å². The molecule has 1 aliphatic rings. The number of carbonyl (C=O) groups excluding carboxylic acids is 2. The van der Waals surface area contributed by atoms with Gasteiger partial charge < -0.3 is 14.4 Å². The molecule has 1 amide bonds. The summed E-state index contributed by atoms with van der Waals surface area (Å²) in [5, 5.41) is 0. The van der Waals surface area contributed by atoms with Crippen molar-refractivity contribution in [1.82, 2.24) is 9.80 Å². The van der Waals surface area contributed by atoms with E-state index < -0.39 is 0 Å². The fourth-order valence-corrected chi connectivity index (χ4v) is 3.35. The van der Waals surface area contributed by atoms with Crippen molar-refractivity contribution in [3.63, 3.8) is 0 Å². The smallest absolute Gasteiger partial charge is 0.254 e. The molecule has 0 saturated carbocycles. The van der Waals surface area contributed by atoms with Crippen molar-refractivity contribution in [3.8, 4) is 11.5 Å². The molecule has 28 heavy (non-hydrogen) atoms. The van der Waals surface area contributed by atoms with E-state index in [0.717, 1.165) is 18.7 Å².